The molecule has 0 aromatic carbocycles. The summed E-state index contributed by atoms with van der Waals surface area (Å²) in [5.41, 5.74) is 0.551. The molecular formula is C14H19N3O4. The summed E-state index contributed by atoms with van der Waals surface area (Å²) in [7, 11) is 0. The molecule has 1 aliphatic rings. The van der Waals surface area contributed by atoms with E-state index in [-0.39, 0.29) is 18.5 Å². The summed E-state index contributed by atoms with van der Waals surface area (Å²) in [6.07, 6.45) is 1.51. The van der Waals surface area contributed by atoms with Gasteiger partial charge in [-0.05, 0) is 18.9 Å². The number of rotatable bonds is 4. The molecule has 1 aromatic heterocycles. The van der Waals surface area contributed by atoms with Crippen LogP contribution in [0.2, 0.25) is 0 Å². The van der Waals surface area contributed by atoms with Gasteiger partial charge in [0.1, 0.15) is 0 Å². The molecule has 1 aliphatic heterocycles. The molecule has 1 fully saturated rings. The van der Waals surface area contributed by atoms with Gasteiger partial charge in [0.2, 0.25) is 5.88 Å². The van der Waals surface area contributed by atoms with Gasteiger partial charge in [-0.25, -0.2) is 9.78 Å². The maximum atomic E-state index is 12.1. The average molecular weight is 293 g/mol. The molecule has 2 rings (SSSR count). The van der Waals surface area contributed by atoms with E-state index in [1.807, 2.05) is 13.8 Å². The van der Waals surface area contributed by atoms with E-state index in [9.17, 15) is 9.59 Å². The molecule has 2 amide bonds. The van der Waals surface area contributed by atoms with Crippen molar-refractivity contribution in [2.45, 2.75) is 13.8 Å². The summed E-state index contributed by atoms with van der Waals surface area (Å²) in [5.74, 6) is -0.919. The van der Waals surface area contributed by atoms with Gasteiger partial charge in [0, 0.05) is 19.2 Å². The highest BCUT2D eigenvalue weighted by Crippen LogP contribution is 2.24. The summed E-state index contributed by atoms with van der Waals surface area (Å²) in [4.78, 5) is 28.7. The molecule has 0 saturated carbocycles. The molecule has 2 heterocycles. The summed E-state index contributed by atoms with van der Waals surface area (Å²) >= 11 is 0. The van der Waals surface area contributed by atoms with E-state index in [0.29, 0.717) is 24.7 Å². The van der Waals surface area contributed by atoms with Crippen molar-refractivity contribution < 1.29 is 19.4 Å². The highest BCUT2D eigenvalue weighted by Gasteiger charge is 2.36. The van der Waals surface area contributed by atoms with E-state index < -0.39 is 11.9 Å². The van der Waals surface area contributed by atoms with Crippen molar-refractivity contribution >= 4 is 17.7 Å². The van der Waals surface area contributed by atoms with Crippen LogP contribution in [-0.2, 0) is 4.79 Å². The Balaban J connectivity index is 1.94. The lowest BCUT2D eigenvalue weighted by molar-refractivity contribution is -0.142. The minimum atomic E-state index is -0.861. The smallest absolute Gasteiger partial charge is 0.321 e. The lowest BCUT2D eigenvalue weighted by Crippen LogP contribution is -2.33. The van der Waals surface area contributed by atoms with Gasteiger partial charge in [0.15, 0.2) is 0 Å². The summed E-state index contributed by atoms with van der Waals surface area (Å²) in [5, 5.41) is 11.8. The standard InChI is InChI=1S/C14H19N3O4/c1-3-21-12-5-4-10(6-15-12)16-14(20)17-7-9(2)11(8-17)13(18)19/h4-6,9,11H,3,7-8H2,1-2H3,(H,16,20)(H,18,19). The lowest BCUT2D eigenvalue weighted by atomic mass is 9.99. The molecule has 0 spiro atoms. The van der Waals surface area contributed by atoms with Crippen LogP contribution < -0.4 is 10.1 Å². The first-order valence-electron chi connectivity index (χ1n) is 6.88. The molecule has 2 atom stereocenters. The quantitative estimate of drug-likeness (QED) is 0.881. The number of urea groups is 1. The van der Waals surface area contributed by atoms with Gasteiger partial charge < -0.3 is 20.1 Å². The van der Waals surface area contributed by atoms with Gasteiger partial charge in [0.25, 0.3) is 0 Å². The van der Waals surface area contributed by atoms with E-state index in [0.717, 1.165) is 0 Å². The summed E-state index contributed by atoms with van der Waals surface area (Å²) in [6, 6.07) is 3.06. The maximum Gasteiger partial charge on any atom is 0.321 e. The normalized spacial score (nSPS) is 21.1. The number of amides is 2. The average Bonchev–Trinajstić information content (AvgIpc) is 2.84. The molecule has 21 heavy (non-hydrogen) atoms. The van der Waals surface area contributed by atoms with Crippen molar-refractivity contribution in [1.82, 2.24) is 9.88 Å². The minimum Gasteiger partial charge on any atom is -0.481 e. The first-order valence-corrected chi connectivity index (χ1v) is 6.88. The second-order valence-corrected chi connectivity index (χ2v) is 5.08. The Morgan fingerprint density at radius 2 is 2.24 bits per heavy atom. The van der Waals surface area contributed by atoms with Crippen LogP contribution in [-0.4, -0.2) is 46.7 Å². The van der Waals surface area contributed by atoms with Crippen LogP contribution in [0.25, 0.3) is 0 Å². The topological polar surface area (TPSA) is 91.8 Å². The fourth-order valence-electron chi connectivity index (χ4n) is 2.34. The minimum absolute atomic E-state index is 0.0493. The number of pyridine rings is 1. The third-order valence-electron chi connectivity index (χ3n) is 3.50. The van der Waals surface area contributed by atoms with E-state index >= 15 is 0 Å². The molecule has 0 radical (unpaired) electrons. The number of aliphatic carboxylic acids is 1. The Morgan fingerprint density at radius 3 is 2.76 bits per heavy atom. The van der Waals surface area contributed by atoms with Gasteiger partial charge in [-0.2, -0.15) is 0 Å². The zero-order chi connectivity index (χ0) is 15.4. The monoisotopic (exact) mass is 293 g/mol. The highest BCUT2D eigenvalue weighted by molar-refractivity contribution is 5.90. The molecule has 0 aliphatic carbocycles. The number of nitrogens with one attached hydrogen (secondary N) is 1. The number of aromatic nitrogens is 1. The van der Waals surface area contributed by atoms with Crippen molar-refractivity contribution in [3.8, 4) is 5.88 Å². The zero-order valence-corrected chi connectivity index (χ0v) is 12.1. The van der Waals surface area contributed by atoms with Crippen LogP contribution in [0.1, 0.15) is 13.8 Å². The molecule has 0 bridgehead atoms. The number of anilines is 1. The fraction of sp³-hybridized carbons (Fsp3) is 0.500. The third kappa shape index (κ3) is 3.62. The SMILES string of the molecule is CCOc1ccc(NC(=O)N2CC(C)C(C(=O)O)C2)cn1. The largest absolute Gasteiger partial charge is 0.481 e. The van der Waals surface area contributed by atoms with Crippen LogP contribution >= 0.6 is 0 Å². The van der Waals surface area contributed by atoms with Crippen molar-refractivity contribution in [2.24, 2.45) is 11.8 Å². The van der Waals surface area contributed by atoms with Gasteiger partial charge >= 0.3 is 12.0 Å². The number of carboxylic acids is 1. The molecule has 2 N–H and O–H groups in total. The predicted octanol–water partition coefficient (Wildman–Crippen LogP) is 1.66. The van der Waals surface area contributed by atoms with Gasteiger partial charge in [-0.3, -0.25) is 4.79 Å². The van der Waals surface area contributed by atoms with E-state index in [2.05, 4.69) is 10.3 Å². The van der Waals surface area contributed by atoms with Crippen molar-refractivity contribution in [1.29, 1.82) is 0 Å². The number of hydrogen-bond donors (Lipinski definition) is 2. The number of carboxylic acid groups (broad SMARTS) is 1. The number of hydrogen-bond acceptors (Lipinski definition) is 4. The van der Waals surface area contributed by atoms with Gasteiger partial charge in [0.05, 0.1) is 24.4 Å². The van der Waals surface area contributed by atoms with Crippen molar-refractivity contribution in [3.05, 3.63) is 18.3 Å². The van der Waals surface area contributed by atoms with Crippen LogP contribution in [0.4, 0.5) is 10.5 Å². The molecule has 1 aromatic rings. The lowest BCUT2D eigenvalue weighted by Gasteiger charge is -2.16. The fourth-order valence-corrected chi connectivity index (χ4v) is 2.34. The Bertz CT molecular complexity index is 517. The molecule has 114 valence electrons. The molecule has 2 unspecified atom stereocenters. The van der Waals surface area contributed by atoms with Gasteiger partial charge in [-0.1, -0.05) is 6.92 Å². The highest BCUT2D eigenvalue weighted by atomic mass is 16.5. The zero-order valence-electron chi connectivity index (χ0n) is 12.1. The van der Waals surface area contributed by atoms with E-state index in [1.54, 1.807) is 12.1 Å². The Morgan fingerprint density at radius 1 is 1.48 bits per heavy atom. The number of carbonyl (C=O) groups excluding carboxylic acids is 1. The van der Waals surface area contributed by atoms with Crippen LogP contribution in [0.5, 0.6) is 5.88 Å². The third-order valence-corrected chi connectivity index (χ3v) is 3.50. The van der Waals surface area contributed by atoms with Crippen LogP contribution in [0, 0.1) is 11.8 Å². The van der Waals surface area contributed by atoms with E-state index in [4.69, 9.17) is 9.84 Å². The first-order chi connectivity index (χ1) is 10.0. The second-order valence-electron chi connectivity index (χ2n) is 5.08. The Labute approximate surface area is 122 Å². The number of nitrogens with zero attached hydrogens (tertiary/aromatic N) is 2. The summed E-state index contributed by atoms with van der Waals surface area (Å²) in [6.45, 7) is 4.90. The number of carbonyl (C=O) groups is 2. The Hall–Kier alpha value is -2.31. The number of likely N-dealkylation sites (tertiary alicyclic amines) is 1. The molecule has 7 nitrogen and oxygen atoms in total. The predicted molar refractivity (Wildman–Crippen MR) is 76.3 cm³/mol. The Kier molecular flexibility index (Phi) is 4.62. The first kappa shape index (κ1) is 15.1. The van der Waals surface area contributed by atoms with Gasteiger partial charge in [-0.15, -0.1) is 0 Å². The van der Waals surface area contributed by atoms with Crippen LogP contribution in [0.15, 0.2) is 18.3 Å². The van der Waals surface area contributed by atoms with E-state index in [1.165, 1.54) is 11.1 Å². The molecule has 1 saturated heterocycles. The maximum absolute atomic E-state index is 12.1. The number of ether oxygens (including phenoxy) is 1. The van der Waals surface area contributed by atoms with Crippen molar-refractivity contribution in [2.75, 3.05) is 25.0 Å². The van der Waals surface area contributed by atoms with Crippen LogP contribution in [0.3, 0.4) is 0 Å². The molecular weight excluding hydrogens is 274 g/mol. The second kappa shape index (κ2) is 6.43. The van der Waals surface area contributed by atoms with Crippen molar-refractivity contribution in [3.63, 3.8) is 0 Å². The molecule has 7 heteroatoms. The summed E-state index contributed by atoms with van der Waals surface area (Å²) < 4.78 is 5.22.